The lowest BCUT2D eigenvalue weighted by atomic mass is 10.2. The summed E-state index contributed by atoms with van der Waals surface area (Å²) < 4.78 is 0. The van der Waals surface area contributed by atoms with Crippen molar-refractivity contribution in [1.82, 2.24) is 9.97 Å². The summed E-state index contributed by atoms with van der Waals surface area (Å²) in [6.45, 7) is 1.87. The van der Waals surface area contributed by atoms with E-state index in [1.165, 1.54) is 11.8 Å². The zero-order valence-electron chi connectivity index (χ0n) is 9.75. The van der Waals surface area contributed by atoms with Crippen molar-refractivity contribution in [2.75, 3.05) is 5.73 Å². The molecule has 92 valence electrons. The van der Waals surface area contributed by atoms with Gasteiger partial charge in [-0.25, -0.2) is 9.97 Å². The number of hydrogen-bond acceptors (Lipinski definition) is 5. The van der Waals surface area contributed by atoms with Gasteiger partial charge in [0.05, 0.1) is 10.5 Å². The molecule has 0 saturated carbocycles. The highest BCUT2D eigenvalue weighted by Gasteiger charge is 2.13. The number of primary amides is 1. The summed E-state index contributed by atoms with van der Waals surface area (Å²) in [5, 5.41) is 0.537. The summed E-state index contributed by atoms with van der Waals surface area (Å²) in [4.78, 5) is 20.3. The second kappa shape index (κ2) is 5.05. The molecule has 0 unspecified atom stereocenters. The molecule has 18 heavy (non-hydrogen) atoms. The summed E-state index contributed by atoms with van der Waals surface area (Å²) >= 11 is 1.24. The number of nitrogen functional groups attached to an aromatic ring is 1. The molecule has 0 radical (unpaired) electrons. The molecule has 5 nitrogen and oxygen atoms in total. The number of carbonyl (C=O) groups excluding carboxylic acids is 1. The molecule has 2 rings (SSSR count). The van der Waals surface area contributed by atoms with E-state index in [0.29, 0.717) is 21.3 Å². The Morgan fingerprint density at radius 2 is 2.11 bits per heavy atom. The highest BCUT2D eigenvalue weighted by Crippen LogP contribution is 2.32. The van der Waals surface area contributed by atoms with E-state index in [1.54, 1.807) is 30.5 Å². The Morgan fingerprint density at radius 1 is 1.33 bits per heavy atom. The number of aromatic nitrogens is 2. The number of aryl methyl sites for hydroxylation is 1. The van der Waals surface area contributed by atoms with Gasteiger partial charge in [-0.05, 0) is 36.9 Å². The first-order valence-electron chi connectivity index (χ1n) is 5.23. The molecule has 0 aliphatic heterocycles. The predicted molar refractivity (Wildman–Crippen MR) is 70.3 cm³/mol. The summed E-state index contributed by atoms with van der Waals surface area (Å²) in [5.74, 6) is -0.516. The van der Waals surface area contributed by atoms with Crippen LogP contribution in [0, 0.1) is 6.92 Å². The van der Waals surface area contributed by atoms with Gasteiger partial charge in [0.25, 0.3) is 0 Å². The van der Waals surface area contributed by atoms with Crippen molar-refractivity contribution >= 4 is 23.4 Å². The Bertz CT molecular complexity index is 600. The lowest BCUT2D eigenvalue weighted by Crippen LogP contribution is -2.13. The molecule has 0 fully saturated rings. The van der Waals surface area contributed by atoms with Crippen LogP contribution in [0.2, 0.25) is 0 Å². The van der Waals surface area contributed by atoms with Crippen LogP contribution in [-0.2, 0) is 0 Å². The fraction of sp³-hybridized carbons (Fsp3) is 0.0833. The molecule has 1 aromatic carbocycles. The quantitative estimate of drug-likeness (QED) is 0.646. The second-order valence-electron chi connectivity index (χ2n) is 3.67. The molecule has 1 amide bonds. The Hall–Kier alpha value is -2.08. The van der Waals surface area contributed by atoms with Crippen LogP contribution >= 0.6 is 11.8 Å². The molecule has 0 saturated heterocycles. The third-order valence-corrected chi connectivity index (χ3v) is 3.32. The van der Waals surface area contributed by atoms with Gasteiger partial charge in [-0.3, -0.25) is 4.79 Å². The van der Waals surface area contributed by atoms with Crippen molar-refractivity contribution in [3.05, 3.63) is 41.7 Å². The van der Waals surface area contributed by atoms with Gasteiger partial charge in [0, 0.05) is 17.6 Å². The molecular formula is C12H12N4OS. The maximum Gasteiger partial charge on any atom is 0.249 e. The van der Waals surface area contributed by atoms with Crippen LogP contribution in [-0.4, -0.2) is 15.9 Å². The maximum atomic E-state index is 11.3. The van der Waals surface area contributed by atoms with Crippen molar-refractivity contribution < 1.29 is 4.79 Å². The van der Waals surface area contributed by atoms with Crippen molar-refractivity contribution in [2.45, 2.75) is 17.0 Å². The van der Waals surface area contributed by atoms with Gasteiger partial charge in [-0.15, -0.1) is 0 Å². The van der Waals surface area contributed by atoms with Crippen LogP contribution in [0.15, 0.2) is 40.5 Å². The molecule has 0 bridgehead atoms. The third-order valence-electron chi connectivity index (χ3n) is 2.28. The van der Waals surface area contributed by atoms with Gasteiger partial charge < -0.3 is 11.5 Å². The summed E-state index contributed by atoms with van der Waals surface area (Å²) in [6, 6.07) is 6.84. The zero-order chi connectivity index (χ0) is 13.1. The van der Waals surface area contributed by atoms with Crippen LogP contribution in [0.25, 0.3) is 0 Å². The minimum Gasteiger partial charge on any atom is -0.398 e. The van der Waals surface area contributed by atoms with Crippen LogP contribution < -0.4 is 11.5 Å². The minimum atomic E-state index is -0.516. The van der Waals surface area contributed by atoms with E-state index in [2.05, 4.69) is 9.97 Å². The van der Waals surface area contributed by atoms with E-state index < -0.39 is 5.91 Å². The average molecular weight is 260 g/mol. The predicted octanol–water partition coefficient (Wildman–Crippen LogP) is 1.62. The Kier molecular flexibility index (Phi) is 3.47. The number of nitrogens with zero attached hydrogens (tertiary/aromatic N) is 2. The van der Waals surface area contributed by atoms with Gasteiger partial charge in [0.15, 0.2) is 5.16 Å². The number of rotatable bonds is 3. The van der Waals surface area contributed by atoms with Gasteiger partial charge in [0.1, 0.15) is 0 Å². The maximum absolute atomic E-state index is 11.3. The van der Waals surface area contributed by atoms with Crippen LogP contribution in [0.3, 0.4) is 0 Å². The Morgan fingerprint density at radius 3 is 2.78 bits per heavy atom. The van der Waals surface area contributed by atoms with E-state index in [4.69, 9.17) is 11.5 Å². The Balaban J connectivity index is 2.42. The van der Waals surface area contributed by atoms with Gasteiger partial charge in [-0.2, -0.15) is 0 Å². The molecule has 0 aliphatic carbocycles. The topological polar surface area (TPSA) is 94.9 Å². The molecule has 0 atom stereocenters. The lowest BCUT2D eigenvalue weighted by Gasteiger charge is -2.08. The first-order valence-corrected chi connectivity index (χ1v) is 6.05. The molecular weight excluding hydrogens is 248 g/mol. The van der Waals surface area contributed by atoms with Gasteiger partial charge >= 0.3 is 0 Å². The van der Waals surface area contributed by atoms with E-state index >= 15 is 0 Å². The zero-order valence-corrected chi connectivity index (χ0v) is 10.6. The molecule has 4 N–H and O–H groups in total. The third kappa shape index (κ3) is 2.60. The SMILES string of the molecule is Cc1ccnc(Sc2c(N)cccc2C(N)=O)n1. The summed E-state index contributed by atoms with van der Waals surface area (Å²) in [7, 11) is 0. The molecule has 0 aliphatic rings. The first-order chi connectivity index (χ1) is 8.58. The number of carbonyl (C=O) groups is 1. The smallest absolute Gasteiger partial charge is 0.249 e. The lowest BCUT2D eigenvalue weighted by molar-refractivity contribution is 0.0997. The van der Waals surface area contributed by atoms with Crippen molar-refractivity contribution in [3.8, 4) is 0 Å². The second-order valence-corrected chi connectivity index (χ2v) is 4.65. The summed E-state index contributed by atoms with van der Waals surface area (Å²) in [5.41, 5.74) is 12.9. The van der Waals surface area contributed by atoms with Gasteiger partial charge in [-0.1, -0.05) is 6.07 Å². The van der Waals surface area contributed by atoms with Crippen molar-refractivity contribution in [3.63, 3.8) is 0 Å². The largest absolute Gasteiger partial charge is 0.398 e. The van der Waals surface area contributed by atoms with Crippen molar-refractivity contribution in [2.24, 2.45) is 5.73 Å². The van der Waals surface area contributed by atoms with Crippen LogP contribution in [0.4, 0.5) is 5.69 Å². The van der Waals surface area contributed by atoms with E-state index in [-0.39, 0.29) is 0 Å². The molecule has 2 aromatic rings. The van der Waals surface area contributed by atoms with Crippen LogP contribution in [0.5, 0.6) is 0 Å². The normalized spacial score (nSPS) is 10.3. The standard InChI is InChI=1S/C12H12N4OS/c1-7-5-6-15-12(16-7)18-10-8(11(14)17)3-2-4-9(10)13/h2-6H,13H2,1H3,(H2,14,17). The highest BCUT2D eigenvalue weighted by atomic mass is 32.2. The number of amides is 1. The minimum absolute atomic E-state index is 0.380. The molecule has 0 spiro atoms. The fourth-order valence-electron chi connectivity index (χ4n) is 1.43. The molecule has 1 heterocycles. The number of nitrogens with two attached hydrogens (primary N) is 2. The van der Waals surface area contributed by atoms with Gasteiger partial charge in [0.2, 0.25) is 5.91 Å². The van der Waals surface area contributed by atoms with E-state index in [9.17, 15) is 4.79 Å². The Labute approximate surface area is 109 Å². The highest BCUT2D eigenvalue weighted by molar-refractivity contribution is 7.99. The number of anilines is 1. The number of benzene rings is 1. The van der Waals surface area contributed by atoms with Crippen molar-refractivity contribution in [1.29, 1.82) is 0 Å². The van der Waals surface area contributed by atoms with E-state index in [0.717, 1.165) is 5.69 Å². The average Bonchev–Trinajstić information content (AvgIpc) is 2.31. The first kappa shape index (κ1) is 12.4. The monoisotopic (exact) mass is 260 g/mol. The van der Waals surface area contributed by atoms with E-state index in [1.807, 2.05) is 6.92 Å². The summed E-state index contributed by atoms with van der Waals surface area (Å²) in [6.07, 6.45) is 1.66. The van der Waals surface area contributed by atoms with Crippen LogP contribution in [0.1, 0.15) is 16.1 Å². The molecule has 6 heteroatoms. The fourth-order valence-corrected chi connectivity index (χ4v) is 2.38. The number of hydrogen-bond donors (Lipinski definition) is 2. The molecule has 1 aromatic heterocycles.